The van der Waals surface area contributed by atoms with Crippen molar-refractivity contribution in [1.82, 2.24) is 0 Å². The maximum Gasteiger partial charge on any atom is 0.280 e. The topological polar surface area (TPSA) is 27.7 Å². The normalized spacial score (nSPS) is 11.4. The molecule has 0 aliphatic rings. The molecule has 0 aromatic carbocycles. The van der Waals surface area contributed by atoms with Gasteiger partial charge >= 0.3 is 0 Å². The van der Waals surface area contributed by atoms with Crippen molar-refractivity contribution in [2.45, 2.75) is 78.1 Å². The SMILES string of the molecule is [CH2-]CCC(OCCCC)(OCCCC)OCCCC.[Zr]. The van der Waals surface area contributed by atoms with E-state index in [9.17, 15) is 0 Å². The molecule has 20 heavy (non-hydrogen) atoms. The molecule has 120 valence electrons. The summed E-state index contributed by atoms with van der Waals surface area (Å²) in [5.74, 6) is -0.860. The fourth-order valence-electron chi connectivity index (χ4n) is 1.67. The van der Waals surface area contributed by atoms with Crippen molar-refractivity contribution in [1.29, 1.82) is 0 Å². The Morgan fingerprint density at radius 3 is 1.35 bits per heavy atom. The molecule has 0 aliphatic carbocycles. The average molecular weight is 365 g/mol. The van der Waals surface area contributed by atoms with Crippen molar-refractivity contribution in [2.24, 2.45) is 0 Å². The molecule has 0 atom stereocenters. The van der Waals surface area contributed by atoms with Crippen molar-refractivity contribution in [2.75, 3.05) is 19.8 Å². The molecule has 3 nitrogen and oxygen atoms in total. The Hall–Kier alpha value is 0.763. The standard InChI is InChI=1S/C16H33O3.Zr/c1-5-9-13-17-16(12-8-4,18-14-10-6-2)19-15-11-7-3;/h4-15H2,1-3H3;/q-1;. The number of rotatable bonds is 14. The van der Waals surface area contributed by atoms with Crippen molar-refractivity contribution in [3.8, 4) is 0 Å². The van der Waals surface area contributed by atoms with E-state index in [-0.39, 0.29) is 26.2 Å². The summed E-state index contributed by atoms with van der Waals surface area (Å²) in [6.07, 6.45) is 7.90. The second-order valence-corrected chi connectivity index (χ2v) is 4.89. The van der Waals surface area contributed by atoms with Crippen molar-refractivity contribution < 1.29 is 40.4 Å². The van der Waals surface area contributed by atoms with Gasteiger partial charge in [0.05, 0.1) is 19.8 Å². The fraction of sp³-hybridized carbons (Fsp3) is 0.938. The van der Waals surface area contributed by atoms with Gasteiger partial charge < -0.3 is 21.1 Å². The van der Waals surface area contributed by atoms with E-state index in [0.29, 0.717) is 26.2 Å². The minimum atomic E-state index is -0.860. The van der Waals surface area contributed by atoms with Gasteiger partial charge in [-0.3, -0.25) is 0 Å². The summed E-state index contributed by atoms with van der Waals surface area (Å²) in [5, 5.41) is 0. The minimum absolute atomic E-state index is 0. The Balaban J connectivity index is 0. The molecule has 0 rings (SSSR count). The summed E-state index contributed by atoms with van der Waals surface area (Å²) >= 11 is 0. The summed E-state index contributed by atoms with van der Waals surface area (Å²) in [4.78, 5) is 0. The van der Waals surface area contributed by atoms with E-state index in [1.807, 2.05) is 0 Å². The Labute approximate surface area is 145 Å². The van der Waals surface area contributed by atoms with E-state index in [1.54, 1.807) is 0 Å². The van der Waals surface area contributed by atoms with Gasteiger partial charge in [0.2, 0.25) is 0 Å². The Kier molecular flexibility index (Phi) is 18.6. The predicted octanol–water partition coefficient (Wildman–Crippen LogP) is 4.70. The van der Waals surface area contributed by atoms with Gasteiger partial charge in [-0.05, 0) is 19.3 Å². The summed E-state index contributed by atoms with van der Waals surface area (Å²) in [5.41, 5.74) is 0. The van der Waals surface area contributed by atoms with Crippen molar-refractivity contribution in [3.63, 3.8) is 0 Å². The fourth-order valence-corrected chi connectivity index (χ4v) is 1.67. The quantitative estimate of drug-likeness (QED) is 0.254. The maximum absolute atomic E-state index is 5.92. The number of hydrogen-bond donors (Lipinski definition) is 0. The Bertz CT molecular complexity index is 162. The van der Waals surface area contributed by atoms with Crippen LogP contribution in [0.25, 0.3) is 0 Å². The minimum Gasteiger partial charge on any atom is -0.343 e. The van der Waals surface area contributed by atoms with Crippen LogP contribution in [0.4, 0.5) is 0 Å². The summed E-state index contributed by atoms with van der Waals surface area (Å²) in [6, 6.07) is 0. The van der Waals surface area contributed by atoms with Crippen LogP contribution in [0, 0.1) is 6.92 Å². The Morgan fingerprint density at radius 1 is 0.750 bits per heavy atom. The molecule has 0 unspecified atom stereocenters. The number of hydrogen-bond acceptors (Lipinski definition) is 3. The first-order chi connectivity index (χ1) is 9.24. The molecule has 0 radical (unpaired) electrons. The molecule has 0 heterocycles. The largest absolute Gasteiger partial charge is 0.343 e. The van der Waals surface area contributed by atoms with Crippen LogP contribution in [0.15, 0.2) is 0 Å². The van der Waals surface area contributed by atoms with Crippen LogP contribution in [0.2, 0.25) is 0 Å². The van der Waals surface area contributed by atoms with E-state index < -0.39 is 5.97 Å². The monoisotopic (exact) mass is 363 g/mol. The third-order valence-electron chi connectivity index (χ3n) is 2.94. The van der Waals surface area contributed by atoms with E-state index in [0.717, 1.165) is 44.9 Å². The van der Waals surface area contributed by atoms with Gasteiger partial charge in [0.1, 0.15) is 0 Å². The van der Waals surface area contributed by atoms with E-state index in [2.05, 4.69) is 27.7 Å². The van der Waals surface area contributed by atoms with Crippen LogP contribution in [-0.4, -0.2) is 25.8 Å². The van der Waals surface area contributed by atoms with E-state index >= 15 is 0 Å². The van der Waals surface area contributed by atoms with Crippen LogP contribution in [-0.2, 0) is 40.4 Å². The summed E-state index contributed by atoms with van der Waals surface area (Å²) in [7, 11) is 0. The number of ether oxygens (including phenoxy) is 3. The van der Waals surface area contributed by atoms with Gasteiger partial charge in [-0.25, -0.2) is 0 Å². The van der Waals surface area contributed by atoms with E-state index in [1.165, 1.54) is 0 Å². The van der Waals surface area contributed by atoms with Gasteiger partial charge in [-0.2, -0.15) is 6.42 Å². The van der Waals surface area contributed by atoms with Gasteiger partial charge in [0, 0.05) is 32.6 Å². The Morgan fingerprint density at radius 2 is 1.10 bits per heavy atom. The first-order valence-corrected chi connectivity index (χ1v) is 7.95. The molecule has 0 fully saturated rings. The molecule has 0 aliphatic heterocycles. The third kappa shape index (κ3) is 11.4. The summed E-state index contributed by atoms with van der Waals surface area (Å²) < 4.78 is 17.8. The molecular formula is C16H33O3Zr-. The van der Waals surface area contributed by atoms with E-state index in [4.69, 9.17) is 14.2 Å². The zero-order valence-electron chi connectivity index (χ0n) is 13.7. The van der Waals surface area contributed by atoms with Gasteiger partial charge in [0.25, 0.3) is 5.97 Å². The van der Waals surface area contributed by atoms with Crippen LogP contribution < -0.4 is 0 Å². The smallest absolute Gasteiger partial charge is 0.280 e. The molecule has 0 saturated carbocycles. The van der Waals surface area contributed by atoms with Crippen LogP contribution >= 0.6 is 0 Å². The second-order valence-electron chi connectivity index (χ2n) is 4.89. The first-order valence-electron chi connectivity index (χ1n) is 7.95. The third-order valence-corrected chi connectivity index (χ3v) is 2.94. The van der Waals surface area contributed by atoms with Gasteiger partial charge in [-0.15, -0.1) is 0 Å². The maximum atomic E-state index is 5.92. The summed E-state index contributed by atoms with van der Waals surface area (Å²) in [6.45, 7) is 12.4. The molecule has 4 heteroatoms. The van der Waals surface area contributed by atoms with Gasteiger partial charge in [-0.1, -0.05) is 40.0 Å². The zero-order chi connectivity index (χ0) is 14.4. The van der Waals surface area contributed by atoms with Crippen molar-refractivity contribution in [3.05, 3.63) is 6.92 Å². The van der Waals surface area contributed by atoms with Crippen LogP contribution in [0.3, 0.4) is 0 Å². The second kappa shape index (κ2) is 16.1. The molecular weight excluding hydrogens is 331 g/mol. The average Bonchev–Trinajstić information content (AvgIpc) is 2.40. The molecule has 0 saturated heterocycles. The molecule has 0 aromatic heterocycles. The molecule has 0 bridgehead atoms. The first kappa shape index (κ1) is 23.0. The van der Waals surface area contributed by atoms with Crippen LogP contribution in [0.1, 0.15) is 72.1 Å². The van der Waals surface area contributed by atoms with Gasteiger partial charge in [0.15, 0.2) is 0 Å². The zero-order valence-corrected chi connectivity index (χ0v) is 16.2. The molecule has 0 N–H and O–H groups in total. The van der Waals surface area contributed by atoms with Crippen molar-refractivity contribution >= 4 is 0 Å². The van der Waals surface area contributed by atoms with Crippen LogP contribution in [0.5, 0.6) is 0 Å². The molecule has 0 spiro atoms. The molecule has 0 aromatic rings. The number of unbranched alkanes of at least 4 members (excludes halogenated alkanes) is 3. The predicted molar refractivity (Wildman–Crippen MR) is 79.9 cm³/mol. The molecule has 0 amide bonds.